The third-order valence-corrected chi connectivity index (χ3v) is 1.39. The fraction of sp³-hybridized carbons (Fsp3) is 0.667. The standard InChI is InChI=1S/C9H15NO/c1-3-5-8-11-9(4-2)6-7-10/h4,9H,2-3,5-6,8H2,1H3. The van der Waals surface area contributed by atoms with Crippen LogP contribution in [0.4, 0.5) is 0 Å². The minimum atomic E-state index is -0.0773. The van der Waals surface area contributed by atoms with Gasteiger partial charge in [-0.3, -0.25) is 0 Å². The molecule has 0 aliphatic carbocycles. The first-order valence-electron chi connectivity index (χ1n) is 3.96. The molecule has 0 rings (SSSR count). The van der Waals surface area contributed by atoms with Gasteiger partial charge in [0.25, 0.3) is 0 Å². The van der Waals surface area contributed by atoms with Gasteiger partial charge in [-0.15, -0.1) is 6.58 Å². The van der Waals surface area contributed by atoms with Crippen LogP contribution in [0.3, 0.4) is 0 Å². The van der Waals surface area contributed by atoms with Crippen molar-refractivity contribution in [2.24, 2.45) is 0 Å². The van der Waals surface area contributed by atoms with E-state index in [4.69, 9.17) is 10.00 Å². The number of unbranched alkanes of at least 4 members (excludes halogenated alkanes) is 1. The van der Waals surface area contributed by atoms with Crippen LogP contribution in [-0.4, -0.2) is 12.7 Å². The number of hydrogen-bond donors (Lipinski definition) is 0. The number of ether oxygens (including phenoxy) is 1. The molecule has 0 bridgehead atoms. The van der Waals surface area contributed by atoms with Crippen LogP contribution in [0.25, 0.3) is 0 Å². The average Bonchev–Trinajstić information content (AvgIpc) is 2.03. The van der Waals surface area contributed by atoms with Crippen LogP contribution in [-0.2, 0) is 4.74 Å². The second-order valence-electron chi connectivity index (χ2n) is 2.36. The van der Waals surface area contributed by atoms with Crippen molar-refractivity contribution in [3.63, 3.8) is 0 Å². The van der Waals surface area contributed by atoms with E-state index in [1.807, 2.05) is 6.07 Å². The summed E-state index contributed by atoms with van der Waals surface area (Å²) >= 11 is 0. The lowest BCUT2D eigenvalue weighted by Gasteiger charge is -2.08. The Labute approximate surface area is 68.5 Å². The molecule has 0 radical (unpaired) electrons. The van der Waals surface area contributed by atoms with E-state index in [1.165, 1.54) is 0 Å². The first-order chi connectivity index (χ1) is 5.35. The third-order valence-electron chi connectivity index (χ3n) is 1.39. The molecule has 0 aromatic heterocycles. The number of rotatable bonds is 6. The predicted molar refractivity (Wildman–Crippen MR) is 45.1 cm³/mol. The van der Waals surface area contributed by atoms with Gasteiger partial charge in [0.2, 0.25) is 0 Å². The van der Waals surface area contributed by atoms with E-state index < -0.39 is 0 Å². The Morgan fingerprint density at radius 1 is 1.73 bits per heavy atom. The smallest absolute Gasteiger partial charge is 0.0883 e. The predicted octanol–water partition coefficient (Wildman–Crippen LogP) is 2.27. The van der Waals surface area contributed by atoms with Gasteiger partial charge in [0, 0.05) is 6.61 Å². The van der Waals surface area contributed by atoms with Gasteiger partial charge in [-0.1, -0.05) is 19.4 Å². The molecule has 0 amide bonds. The fourth-order valence-electron chi connectivity index (χ4n) is 0.679. The molecule has 0 heterocycles. The van der Waals surface area contributed by atoms with E-state index in [1.54, 1.807) is 6.08 Å². The summed E-state index contributed by atoms with van der Waals surface area (Å²) in [4.78, 5) is 0. The molecule has 0 N–H and O–H groups in total. The van der Waals surface area contributed by atoms with E-state index in [9.17, 15) is 0 Å². The van der Waals surface area contributed by atoms with E-state index >= 15 is 0 Å². The molecule has 11 heavy (non-hydrogen) atoms. The van der Waals surface area contributed by atoms with Crippen molar-refractivity contribution < 1.29 is 4.74 Å². The maximum Gasteiger partial charge on any atom is 0.0883 e. The Morgan fingerprint density at radius 3 is 2.91 bits per heavy atom. The summed E-state index contributed by atoms with van der Waals surface area (Å²) < 4.78 is 5.33. The summed E-state index contributed by atoms with van der Waals surface area (Å²) in [6, 6.07) is 2.05. The fourth-order valence-corrected chi connectivity index (χ4v) is 0.679. The lowest BCUT2D eigenvalue weighted by atomic mass is 10.2. The quantitative estimate of drug-likeness (QED) is 0.433. The summed E-state index contributed by atoms with van der Waals surface area (Å²) in [7, 11) is 0. The number of nitrogens with zero attached hydrogens (tertiary/aromatic N) is 1. The Kier molecular flexibility index (Phi) is 6.76. The Bertz CT molecular complexity index is 137. The third kappa shape index (κ3) is 5.63. The summed E-state index contributed by atoms with van der Waals surface area (Å²) in [6.45, 7) is 6.42. The maximum atomic E-state index is 8.35. The highest BCUT2D eigenvalue weighted by atomic mass is 16.5. The summed E-state index contributed by atoms with van der Waals surface area (Å²) in [6.07, 6.45) is 4.18. The van der Waals surface area contributed by atoms with Crippen LogP contribution in [0.1, 0.15) is 26.2 Å². The van der Waals surface area contributed by atoms with Crippen molar-refractivity contribution in [1.82, 2.24) is 0 Å². The van der Waals surface area contributed by atoms with Crippen LogP contribution in [0, 0.1) is 11.3 Å². The summed E-state index contributed by atoms with van der Waals surface area (Å²) in [5.41, 5.74) is 0. The molecular weight excluding hydrogens is 138 g/mol. The summed E-state index contributed by atoms with van der Waals surface area (Å²) in [5, 5.41) is 8.35. The van der Waals surface area contributed by atoms with E-state index in [0.29, 0.717) is 6.42 Å². The average molecular weight is 153 g/mol. The highest BCUT2D eigenvalue weighted by Crippen LogP contribution is 2.00. The molecule has 0 saturated heterocycles. The largest absolute Gasteiger partial charge is 0.373 e. The van der Waals surface area contributed by atoms with Crippen LogP contribution < -0.4 is 0 Å². The van der Waals surface area contributed by atoms with Gasteiger partial charge < -0.3 is 4.74 Å². The SMILES string of the molecule is C=CC(CC#N)OCCCC. The second kappa shape index (κ2) is 7.30. The van der Waals surface area contributed by atoms with Crippen molar-refractivity contribution in [3.05, 3.63) is 12.7 Å². The Hall–Kier alpha value is -0.810. The zero-order valence-corrected chi connectivity index (χ0v) is 7.05. The van der Waals surface area contributed by atoms with Crippen molar-refractivity contribution in [2.45, 2.75) is 32.3 Å². The van der Waals surface area contributed by atoms with E-state index in [-0.39, 0.29) is 6.10 Å². The summed E-state index contributed by atoms with van der Waals surface area (Å²) in [5.74, 6) is 0. The lowest BCUT2D eigenvalue weighted by Crippen LogP contribution is -2.09. The number of nitriles is 1. The lowest BCUT2D eigenvalue weighted by molar-refractivity contribution is 0.0862. The van der Waals surface area contributed by atoms with Crippen LogP contribution >= 0.6 is 0 Å². The molecule has 2 nitrogen and oxygen atoms in total. The number of hydrogen-bond acceptors (Lipinski definition) is 2. The highest BCUT2D eigenvalue weighted by Gasteiger charge is 2.01. The van der Waals surface area contributed by atoms with Crippen molar-refractivity contribution in [2.75, 3.05) is 6.61 Å². The molecule has 0 fully saturated rings. The first kappa shape index (κ1) is 10.2. The van der Waals surface area contributed by atoms with Gasteiger partial charge in [-0.25, -0.2) is 0 Å². The zero-order valence-electron chi connectivity index (χ0n) is 7.05. The first-order valence-corrected chi connectivity index (χ1v) is 3.96. The van der Waals surface area contributed by atoms with Gasteiger partial charge in [-0.05, 0) is 6.42 Å². The molecule has 0 spiro atoms. The Morgan fingerprint density at radius 2 is 2.45 bits per heavy atom. The van der Waals surface area contributed by atoms with E-state index in [0.717, 1.165) is 19.4 Å². The molecule has 0 aromatic carbocycles. The van der Waals surface area contributed by atoms with Crippen molar-refractivity contribution in [3.8, 4) is 6.07 Å². The molecule has 0 saturated carbocycles. The zero-order chi connectivity index (χ0) is 8.53. The second-order valence-corrected chi connectivity index (χ2v) is 2.36. The minimum absolute atomic E-state index is 0.0773. The van der Waals surface area contributed by atoms with Crippen LogP contribution in [0.15, 0.2) is 12.7 Å². The maximum absolute atomic E-state index is 8.35. The molecule has 1 unspecified atom stereocenters. The van der Waals surface area contributed by atoms with Gasteiger partial charge in [0.05, 0.1) is 18.6 Å². The molecule has 0 aliphatic heterocycles. The molecule has 0 aromatic rings. The van der Waals surface area contributed by atoms with Crippen LogP contribution in [0.2, 0.25) is 0 Å². The van der Waals surface area contributed by atoms with Gasteiger partial charge >= 0.3 is 0 Å². The normalized spacial score (nSPS) is 12.0. The van der Waals surface area contributed by atoms with Gasteiger partial charge in [-0.2, -0.15) is 5.26 Å². The molecule has 0 aliphatic rings. The Balaban J connectivity index is 3.37. The van der Waals surface area contributed by atoms with Crippen molar-refractivity contribution >= 4 is 0 Å². The molecule has 2 heteroatoms. The molecule has 62 valence electrons. The van der Waals surface area contributed by atoms with Gasteiger partial charge in [0.15, 0.2) is 0 Å². The topological polar surface area (TPSA) is 33.0 Å². The van der Waals surface area contributed by atoms with E-state index in [2.05, 4.69) is 13.5 Å². The minimum Gasteiger partial charge on any atom is -0.373 e. The van der Waals surface area contributed by atoms with Crippen LogP contribution in [0.5, 0.6) is 0 Å². The molecule has 1 atom stereocenters. The highest BCUT2D eigenvalue weighted by molar-refractivity contribution is 4.88. The van der Waals surface area contributed by atoms with Crippen molar-refractivity contribution in [1.29, 1.82) is 5.26 Å². The van der Waals surface area contributed by atoms with Gasteiger partial charge in [0.1, 0.15) is 0 Å². The monoisotopic (exact) mass is 153 g/mol. The molecular formula is C9H15NO.